The Hall–Kier alpha value is -4.72. The minimum atomic E-state index is -0.656. The first-order chi connectivity index (χ1) is 28.3. The Bertz CT molecular complexity index is 1920. The number of fused-ring (bicyclic) bond motifs is 2. The highest BCUT2D eigenvalue weighted by Gasteiger charge is 2.43. The number of rotatable bonds is 13. The second-order valence-corrected chi connectivity index (χ2v) is 16.3. The summed E-state index contributed by atoms with van der Waals surface area (Å²) in [6.45, 7) is 3.42. The van der Waals surface area contributed by atoms with Crippen molar-refractivity contribution in [2.75, 3.05) is 33.4 Å². The van der Waals surface area contributed by atoms with E-state index in [1.165, 1.54) is 5.56 Å². The highest BCUT2D eigenvalue weighted by atomic mass is 16.5. The Morgan fingerprint density at radius 2 is 1.38 bits per heavy atom. The predicted molar refractivity (Wildman–Crippen MR) is 220 cm³/mol. The fourth-order valence-electron chi connectivity index (χ4n) is 9.38. The van der Waals surface area contributed by atoms with Crippen LogP contribution < -0.4 is 26.6 Å². The molecule has 2 aliphatic heterocycles. The topological polar surface area (TPSA) is 150 Å². The van der Waals surface area contributed by atoms with Crippen molar-refractivity contribution in [3.8, 4) is 23.7 Å². The summed E-state index contributed by atoms with van der Waals surface area (Å²) in [5, 5.41) is 15.8. The molecule has 4 amide bonds. The van der Waals surface area contributed by atoms with E-state index in [0.717, 1.165) is 68.2 Å². The van der Waals surface area contributed by atoms with E-state index in [9.17, 15) is 19.2 Å². The molecular weight excluding hydrogens is 733 g/mol. The number of ether oxygens (including phenoxy) is 2. The molecule has 7 rings (SSSR count). The minimum absolute atomic E-state index is 0.00725. The highest BCUT2D eigenvalue weighted by Crippen LogP contribution is 2.36. The van der Waals surface area contributed by atoms with Gasteiger partial charge in [-0.1, -0.05) is 79.6 Å². The number of likely N-dealkylation sites (tertiary alicyclic amines) is 1. The first-order valence-electron chi connectivity index (χ1n) is 21.3. The van der Waals surface area contributed by atoms with Crippen LogP contribution in [0, 0.1) is 29.6 Å². The molecule has 12 heteroatoms. The van der Waals surface area contributed by atoms with Crippen LogP contribution in [0.5, 0.6) is 0 Å². The van der Waals surface area contributed by atoms with Crippen molar-refractivity contribution < 1.29 is 28.7 Å². The molecule has 1 unspecified atom stereocenters. The lowest BCUT2D eigenvalue weighted by atomic mass is 9.83. The van der Waals surface area contributed by atoms with E-state index in [2.05, 4.69) is 68.5 Å². The van der Waals surface area contributed by atoms with E-state index in [0.29, 0.717) is 32.2 Å². The van der Waals surface area contributed by atoms with Gasteiger partial charge in [-0.3, -0.25) is 19.2 Å². The fraction of sp³-hybridized carbons (Fsp3) is 0.565. The molecule has 58 heavy (non-hydrogen) atoms. The maximum atomic E-state index is 14.2. The highest BCUT2D eigenvalue weighted by molar-refractivity contribution is 5.94. The zero-order valence-corrected chi connectivity index (χ0v) is 33.8. The van der Waals surface area contributed by atoms with Gasteiger partial charge < -0.3 is 41.0 Å². The van der Waals surface area contributed by atoms with Crippen LogP contribution in [-0.2, 0) is 41.5 Å². The number of carbonyl (C=O) groups excluding carboxylic acids is 4. The zero-order valence-electron chi connectivity index (χ0n) is 33.8. The van der Waals surface area contributed by atoms with E-state index < -0.39 is 24.2 Å². The zero-order chi connectivity index (χ0) is 40.4. The molecule has 0 bridgehead atoms. The van der Waals surface area contributed by atoms with Crippen LogP contribution in [0.4, 0.5) is 0 Å². The van der Waals surface area contributed by atoms with Gasteiger partial charge in [0.1, 0.15) is 25.3 Å². The van der Waals surface area contributed by atoms with Gasteiger partial charge in [-0.15, -0.1) is 0 Å². The summed E-state index contributed by atoms with van der Waals surface area (Å²) in [5.74, 6) is 11.2. The van der Waals surface area contributed by atoms with Crippen LogP contribution in [-0.4, -0.2) is 98.3 Å². The summed E-state index contributed by atoms with van der Waals surface area (Å²) in [6, 6.07) is 13.6. The molecule has 5 aliphatic rings. The molecule has 12 nitrogen and oxygen atoms in total. The molecule has 0 spiro atoms. The summed E-state index contributed by atoms with van der Waals surface area (Å²) >= 11 is 0. The minimum Gasteiger partial charge on any atom is -0.363 e. The molecule has 2 saturated heterocycles. The smallest absolute Gasteiger partial charge is 0.246 e. The molecule has 2 aromatic carbocycles. The number of hydrogen-bond acceptors (Lipinski definition) is 8. The second-order valence-electron chi connectivity index (χ2n) is 16.3. The number of hydrogen-bond donors (Lipinski definition) is 5. The Labute approximate surface area is 342 Å². The van der Waals surface area contributed by atoms with Gasteiger partial charge in [0.15, 0.2) is 0 Å². The van der Waals surface area contributed by atoms with Crippen molar-refractivity contribution >= 4 is 23.6 Å². The fourth-order valence-corrected chi connectivity index (χ4v) is 9.38. The van der Waals surface area contributed by atoms with Crippen molar-refractivity contribution in [1.29, 1.82) is 0 Å². The van der Waals surface area contributed by atoms with E-state index in [4.69, 9.17) is 9.47 Å². The van der Waals surface area contributed by atoms with Crippen LogP contribution in [0.3, 0.4) is 0 Å². The largest absolute Gasteiger partial charge is 0.363 e. The van der Waals surface area contributed by atoms with Crippen molar-refractivity contribution in [2.45, 2.75) is 126 Å². The average Bonchev–Trinajstić information content (AvgIpc) is 4.08. The van der Waals surface area contributed by atoms with Gasteiger partial charge in [0.25, 0.3) is 0 Å². The normalized spacial score (nSPS) is 25.9. The maximum Gasteiger partial charge on any atom is 0.246 e. The number of amides is 4. The van der Waals surface area contributed by atoms with Crippen LogP contribution in [0.1, 0.15) is 99.0 Å². The van der Waals surface area contributed by atoms with Gasteiger partial charge in [0.2, 0.25) is 23.6 Å². The molecule has 2 aromatic rings. The van der Waals surface area contributed by atoms with Crippen LogP contribution >= 0.6 is 0 Å². The van der Waals surface area contributed by atoms with Gasteiger partial charge in [-0.05, 0) is 99.1 Å². The third-order valence-corrected chi connectivity index (χ3v) is 12.7. The quantitative estimate of drug-likeness (QED) is 0.195. The Kier molecular flexibility index (Phi) is 14.2. The molecule has 8 atom stereocenters. The number of likely N-dealkylation sites (N-methyl/N-ethyl adjacent to an activating group) is 1. The number of carbonyl (C=O) groups is 4. The van der Waals surface area contributed by atoms with E-state index in [-0.39, 0.29) is 67.1 Å². The molecule has 0 radical (unpaired) electrons. The van der Waals surface area contributed by atoms with Crippen molar-refractivity contribution in [3.63, 3.8) is 0 Å². The third kappa shape index (κ3) is 9.76. The monoisotopic (exact) mass is 790 g/mol. The summed E-state index contributed by atoms with van der Waals surface area (Å²) < 4.78 is 12.5. The van der Waals surface area contributed by atoms with Crippen molar-refractivity contribution in [3.05, 3.63) is 70.8 Å². The standard InChI is InChI=1S/C46H58N6O6/c1-30(47-2)43(53)49-40(31-16-6-5-7-17-31)46(56)52-25-15-23-37(52)45(55)51-42-35-21-11-9-19-33(35)29-39(42)58-27-13-4-3-12-26-57-38-28-32-18-8-10-20-34(32)41(38)50-44(54)36-22-14-24-48-36/h8-11,18-21,30-31,36-42,47-48H,5-7,14-17,22-29H2,1-2H3,(H,49,53)(H,50,54)(H,51,55)/t30-,36?,37-,38+,39+,40-,41-,42-/m0/s1. The lowest BCUT2D eigenvalue weighted by Gasteiger charge is -2.35. The molecule has 3 aliphatic carbocycles. The molecule has 5 N–H and O–H groups in total. The van der Waals surface area contributed by atoms with Crippen LogP contribution in [0.2, 0.25) is 0 Å². The van der Waals surface area contributed by atoms with Gasteiger partial charge in [-0.25, -0.2) is 0 Å². The summed E-state index contributed by atoms with van der Waals surface area (Å²) in [7, 11) is 1.73. The molecule has 1 saturated carbocycles. The second kappa shape index (κ2) is 19.8. The van der Waals surface area contributed by atoms with Crippen LogP contribution in [0.25, 0.3) is 0 Å². The van der Waals surface area contributed by atoms with E-state index in [1.54, 1.807) is 18.9 Å². The SMILES string of the molecule is CN[C@@H](C)C(=O)N[C@H](C(=O)N1CCC[C@H]1C(=O)N[C@H]1c2ccccc2C[C@H]1OCC#CC#CCO[C@@H]1Cc2ccccc2[C@@H]1NC(=O)C1CCCN1)C1CCCCC1. The Morgan fingerprint density at radius 3 is 1.97 bits per heavy atom. The Morgan fingerprint density at radius 1 is 0.776 bits per heavy atom. The molecule has 2 heterocycles. The number of nitrogens with zero attached hydrogens (tertiary/aromatic N) is 1. The van der Waals surface area contributed by atoms with Gasteiger partial charge in [0.05, 0.1) is 36.4 Å². The average molecular weight is 791 g/mol. The molecule has 308 valence electrons. The summed E-state index contributed by atoms with van der Waals surface area (Å²) in [4.78, 5) is 56.0. The first kappa shape index (κ1) is 41.4. The maximum absolute atomic E-state index is 14.2. The van der Waals surface area contributed by atoms with Crippen molar-refractivity contribution in [2.24, 2.45) is 5.92 Å². The summed E-state index contributed by atoms with van der Waals surface area (Å²) in [5.41, 5.74) is 4.36. The van der Waals surface area contributed by atoms with Gasteiger partial charge in [-0.2, -0.15) is 0 Å². The van der Waals surface area contributed by atoms with E-state index in [1.807, 2.05) is 30.3 Å². The molecular formula is C46H58N6O6. The summed E-state index contributed by atoms with van der Waals surface area (Å²) in [6.07, 6.45) is 8.82. The van der Waals surface area contributed by atoms with E-state index >= 15 is 0 Å². The number of benzene rings is 2. The lowest BCUT2D eigenvalue weighted by Crippen LogP contribution is -2.58. The van der Waals surface area contributed by atoms with Gasteiger partial charge >= 0.3 is 0 Å². The lowest BCUT2D eigenvalue weighted by molar-refractivity contribution is -0.143. The first-order valence-corrected chi connectivity index (χ1v) is 21.3. The van der Waals surface area contributed by atoms with Crippen LogP contribution in [0.15, 0.2) is 48.5 Å². The molecule has 0 aromatic heterocycles. The third-order valence-electron chi connectivity index (χ3n) is 12.7. The van der Waals surface area contributed by atoms with Gasteiger partial charge in [0, 0.05) is 19.4 Å². The Balaban J connectivity index is 0.939. The number of nitrogens with one attached hydrogen (secondary N) is 5. The predicted octanol–water partition coefficient (Wildman–Crippen LogP) is 3.01. The van der Waals surface area contributed by atoms with Crippen molar-refractivity contribution in [1.82, 2.24) is 31.5 Å². The molecule has 3 fully saturated rings.